The Morgan fingerprint density at radius 1 is 1.14 bits per heavy atom. The number of alkyl halides is 2. The number of aliphatic carboxylic acids is 1. The highest BCUT2D eigenvalue weighted by Gasteiger charge is 2.48. The summed E-state index contributed by atoms with van der Waals surface area (Å²) in [6, 6.07) is 0. The molecular weight excluding hydrogens is 190 g/mol. The summed E-state index contributed by atoms with van der Waals surface area (Å²) < 4.78 is 27.0. The second-order valence-electron chi connectivity index (χ2n) is 5.32. The third-order valence-electron chi connectivity index (χ3n) is 2.34. The van der Waals surface area contributed by atoms with Crippen molar-refractivity contribution in [3.63, 3.8) is 0 Å². The summed E-state index contributed by atoms with van der Waals surface area (Å²) >= 11 is 0. The maximum Gasteiger partial charge on any atom is 0.309 e. The first-order valence-electron chi connectivity index (χ1n) is 4.51. The molecule has 0 heterocycles. The van der Waals surface area contributed by atoms with Crippen molar-refractivity contribution >= 4 is 5.97 Å². The highest BCUT2D eigenvalue weighted by atomic mass is 19.3. The minimum atomic E-state index is -2.98. The molecule has 0 aromatic rings. The van der Waals surface area contributed by atoms with E-state index in [4.69, 9.17) is 5.11 Å². The number of hydrogen-bond acceptors (Lipinski definition) is 1. The van der Waals surface area contributed by atoms with E-state index in [1.807, 2.05) is 0 Å². The van der Waals surface area contributed by atoms with E-state index in [1.54, 1.807) is 0 Å². The van der Waals surface area contributed by atoms with Gasteiger partial charge < -0.3 is 5.11 Å². The van der Waals surface area contributed by atoms with Crippen molar-refractivity contribution in [2.24, 2.45) is 10.8 Å². The van der Waals surface area contributed by atoms with E-state index in [0.717, 1.165) is 0 Å². The molecule has 1 N–H and O–H groups in total. The Morgan fingerprint density at radius 2 is 1.50 bits per heavy atom. The van der Waals surface area contributed by atoms with Crippen molar-refractivity contribution < 1.29 is 18.7 Å². The highest BCUT2D eigenvalue weighted by molar-refractivity contribution is 5.73. The number of carboxylic acids is 1. The van der Waals surface area contributed by atoms with E-state index >= 15 is 0 Å². The van der Waals surface area contributed by atoms with Crippen LogP contribution >= 0.6 is 0 Å². The lowest BCUT2D eigenvalue weighted by Crippen LogP contribution is -2.40. The Hall–Kier alpha value is -0.670. The summed E-state index contributed by atoms with van der Waals surface area (Å²) in [5.41, 5.74) is -2.60. The van der Waals surface area contributed by atoms with Crippen LogP contribution in [-0.2, 0) is 4.79 Å². The molecule has 0 aliphatic carbocycles. The molecule has 0 atom stereocenters. The van der Waals surface area contributed by atoms with Crippen LogP contribution in [0.5, 0.6) is 0 Å². The van der Waals surface area contributed by atoms with E-state index < -0.39 is 29.1 Å². The molecule has 4 heteroatoms. The maximum atomic E-state index is 13.5. The van der Waals surface area contributed by atoms with Crippen molar-refractivity contribution in [1.29, 1.82) is 0 Å². The summed E-state index contributed by atoms with van der Waals surface area (Å²) in [7, 11) is 0. The zero-order chi connectivity index (χ0) is 11.8. The predicted octanol–water partition coefficient (Wildman–Crippen LogP) is 3.17. The summed E-state index contributed by atoms with van der Waals surface area (Å²) in [4.78, 5) is 10.7. The summed E-state index contributed by atoms with van der Waals surface area (Å²) in [6.07, 6.45) is -0.640. The predicted molar refractivity (Wildman–Crippen MR) is 50.4 cm³/mol. The van der Waals surface area contributed by atoms with Crippen molar-refractivity contribution in [3.8, 4) is 0 Å². The van der Waals surface area contributed by atoms with Gasteiger partial charge in [0, 0.05) is 11.8 Å². The van der Waals surface area contributed by atoms with Gasteiger partial charge in [0.05, 0.1) is 5.41 Å². The van der Waals surface area contributed by atoms with E-state index in [0.29, 0.717) is 0 Å². The number of carbonyl (C=O) groups is 1. The van der Waals surface area contributed by atoms with Crippen LogP contribution < -0.4 is 0 Å². The molecule has 0 saturated carbocycles. The minimum Gasteiger partial charge on any atom is -0.481 e. The second-order valence-corrected chi connectivity index (χ2v) is 5.32. The fraction of sp³-hybridized carbons (Fsp3) is 0.900. The Bertz CT molecular complexity index is 227. The molecule has 0 spiro atoms. The molecule has 0 aliphatic rings. The molecule has 0 saturated heterocycles. The van der Waals surface area contributed by atoms with Crippen molar-refractivity contribution in [1.82, 2.24) is 0 Å². The average Bonchev–Trinajstić information content (AvgIpc) is 1.80. The molecule has 0 rings (SSSR count). The number of rotatable bonds is 3. The molecule has 0 amide bonds. The summed E-state index contributed by atoms with van der Waals surface area (Å²) in [5, 5.41) is 8.74. The SMILES string of the molecule is CC(C)(CC(F)(F)C(C)(C)C)C(=O)O. The first-order valence-corrected chi connectivity index (χ1v) is 4.51. The quantitative estimate of drug-likeness (QED) is 0.773. The van der Waals surface area contributed by atoms with Gasteiger partial charge >= 0.3 is 5.97 Å². The van der Waals surface area contributed by atoms with Gasteiger partial charge in [-0.15, -0.1) is 0 Å². The van der Waals surface area contributed by atoms with Crippen molar-refractivity contribution in [3.05, 3.63) is 0 Å². The molecule has 0 bridgehead atoms. The smallest absolute Gasteiger partial charge is 0.309 e. The Labute approximate surface area is 83.3 Å². The van der Waals surface area contributed by atoms with Gasteiger partial charge in [-0.2, -0.15) is 0 Å². The van der Waals surface area contributed by atoms with Gasteiger partial charge in [-0.1, -0.05) is 20.8 Å². The Morgan fingerprint density at radius 3 is 1.71 bits per heavy atom. The van der Waals surface area contributed by atoms with E-state index in [1.165, 1.54) is 34.6 Å². The van der Waals surface area contributed by atoms with E-state index in [2.05, 4.69) is 0 Å². The zero-order valence-corrected chi connectivity index (χ0v) is 9.32. The largest absolute Gasteiger partial charge is 0.481 e. The molecule has 0 radical (unpaired) electrons. The normalized spacial score (nSPS) is 14.2. The van der Waals surface area contributed by atoms with Crippen LogP contribution in [0.25, 0.3) is 0 Å². The van der Waals surface area contributed by atoms with Crippen LogP contribution in [0.15, 0.2) is 0 Å². The van der Waals surface area contributed by atoms with E-state index in [-0.39, 0.29) is 0 Å². The topological polar surface area (TPSA) is 37.3 Å². The van der Waals surface area contributed by atoms with Crippen molar-refractivity contribution in [2.75, 3.05) is 0 Å². The lowest BCUT2D eigenvalue weighted by molar-refractivity contribution is -0.162. The molecular formula is C10H18F2O2. The third kappa shape index (κ3) is 2.93. The molecule has 84 valence electrons. The van der Waals surface area contributed by atoms with Crippen LogP contribution in [0.4, 0.5) is 8.78 Å². The molecule has 0 aliphatic heterocycles. The van der Waals surface area contributed by atoms with Gasteiger partial charge in [-0.25, -0.2) is 8.78 Å². The molecule has 14 heavy (non-hydrogen) atoms. The lowest BCUT2D eigenvalue weighted by atomic mass is 9.77. The van der Waals surface area contributed by atoms with Gasteiger partial charge in [0.1, 0.15) is 0 Å². The summed E-state index contributed by atoms with van der Waals surface area (Å²) in [6.45, 7) is 6.85. The third-order valence-corrected chi connectivity index (χ3v) is 2.34. The Balaban J connectivity index is 4.76. The van der Waals surface area contributed by atoms with Crippen LogP contribution in [0, 0.1) is 10.8 Å². The highest BCUT2D eigenvalue weighted by Crippen LogP contribution is 2.43. The van der Waals surface area contributed by atoms with Crippen LogP contribution in [-0.4, -0.2) is 17.0 Å². The number of hydrogen-bond donors (Lipinski definition) is 1. The molecule has 0 aromatic heterocycles. The molecule has 0 aromatic carbocycles. The first-order chi connectivity index (χ1) is 5.90. The monoisotopic (exact) mass is 208 g/mol. The van der Waals surface area contributed by atoms with E-state index in [9.17, 15) is 13.6 Å². The standard InChI is InChI=1S/C10H18F2O2/c1-8(2,3)10(11,12)6-9(4,5)7(13)14/h6H2,1-5H3,(H,13,14). The second kappa shape index (κ2) is 3.48. The molecule has 0 unspecified atom stereocenters. The minimum absolute atomic E-state index is 0.640. The van der Waals surface area contributed by atoms with Crippen LogP contribution in [0.2, 0.25) is 0 Å². The van der Waals surface area contributed by atoms with Gasteiger partial charge in [0.25, 0.3) is 5.92 Å². The molecule has 0 fully saturated rings. The summed E-state index contributed by atoms with van der Waals surface area (Å²) in [5.74, 6) is -4.17. The lowest BCUT2D eigenvalue weighted by Gasteiger charge is -2.34. The van der Waals surface area contributed by atoms with Gasteiger partial charge in [0.2, 0.25) is 0 Å². The van der Waals surface area contributed by atoms with Gasteiger partial charge in [-0.3, -0.25) is 4.79 Å². The zero-order valence-electron chi connectivity index (χ0n) is 9.32. The first kappa shape index (κ1) is 13.3. The average molecular weight is 208 g/mol. The Kier molecular flexibility index (Phi) is 3.31. The number of carboxylic acid groups (broad SMARTS) is 1. The van der Waals surface area contributed by atoms with Gasteiger partial charge in [-0.05, 0) is 13.8 Å². The van der Waals surface area contributed by atoms with Crippen molar-refractivity contribution in [2.45, 2.75) is 47.0 Å². The fourth-order valence-corrected chi connectivity index (χ4v) is 0.896. The van der Waals surface area contributed by atoms with Crippen LogP contribution in [0.1, 0.15) is 41.0 Å². The fourth-order valence-electron chi connectivity index (χ4n) is 0.896. The van der Waals surface area contributed by atoms with Crippen LogP contribution in [0.3, 0.4) is 0 Å². The number of halogens is 2. The maximum absolute atomic E-state index is 13.5. The van der Waals surface area contributed by atoms with Gasteiger partial charge in [0.15, 0.2) is 0 Å². The molecule has 2 nitrogen and oxygen atoms in total.